The van der Waals surface area contributed by atoms with Crippen LogP contribution in [-0.4, -0.2) is 11.7 Å². The Kier molecular flexibility index (Phi) is 2.19. The molecule has 0 bridgehead atoms. The number of halogens is 1. The summed E-state index contributed by atoms with van der Waals surface area (Å²) in [6.45, 7) is 0.481. The molecule has 0 aromatic heterocycles. The molecule has 14 heavy (non-hydrogen) atoms. The number of benzene rings is 1. The Morgan fingerprint density at radius 1 is 1.43 bits per heavy atom. The van der Waals surface area contributed by atoms with Gasteiger partial charge in [0.25, 0.3) is 0 Å². The van der Waals surface area contributed by atoms with Gasteiger partial charge in [-0.15, -0.1) is 0 Å². The third-order valence-corrected chi connectivity index (χ3v) is 3.23. The lowest BCUT2D eigenvalue weighted by molar-refractivity contribution is 0.244. The Bertz CT molecular complexity index is 342. The fourth-order valence-electron chi connectivity index (χ4n) is 2.12. The van der Waals surface area contributed by atoms with E-state index in [1.54, 1.807) is 6.07 Å². The largest absolute Gasteiger partial charge is 0.508 e. The molecule has 3 N–H and O–H groups in total. The average molecular weight is 195 g/mol. The van der Waals surface area contributed by atoms with Gasteiger partial charge >= 0.3 is 0 Å². The van der Waals surface area contributed by atoms with Crippen molar-refractivity contribution < 1.29 is 9.50 Å². The lowest BCUT2D eigenvalue weighted by Crippen LogP contribution is -2.42. The van der Waals surface area contributed by atoms with Gasteiger partial charge in [-0.3, -0.25) is 0 Å². The summed E-state index contributed by atoms with van der Waals surface area (Å²) in [5, 5.41) is 9.10. The van der Waals surface area contributed by atoms with Gasteiger partial charge in [0.05, 0.1) is 0 Å². The normalized spacial score (nSPS) is 19.0. The van der Waals surface area contributed by atoms with Gasteiger partial charge in [-0.1, -0.05) is 12.5 Å². The van der Waals surface area contributed by atoms with Crippen molar-refractivity contribution in [2.45, 2.75) is 24.7 Å². The van der Waals surface area contributed by atoms with Crippen LogP contribution in [0.15, 0.2) is 18.2 Å². The van der Waals surface area contributed by atoms with Crippen LogP contribution >= 0.6 is 0 Å². The number of hydrogen-bond acceptors (Lipinski definition) is 2. The van der Waals surface area contributed by atoms with Crippen LogP contribution in [0.2, 0.25) is 0 Å². The minimum Gasteiger partial charge on any atom is -0.508 e. The lowest BCUT2D eigenvalue weighted by atomic mass is 9.64. The first-order valence-corrected chi connectivity index (χ1v) is 4.87. The Morgan fingerprint density at radius 3 is 2.57 bits per heavy atom. The maximum Gasteiger partial charge on any atom is 0.130 e. The SMILES string of the molecule is NCC1(c2ccc(O)cc2F)CCC1. The quantitative estimate of drug-likeness (QED) is 0.757. The van der Waals surface area contributed by atoms with Crippen molar-refractivity contribution in [3.63, 3.8) is 0 Å². The molecule has 1 fully saturated rings. The Hall–Kier alpha value is -1.09. The molecule has 1 saturated carbocycles. The summed E-state index contributed by atoms with van der Waals surface area (Å²) in [6.07, 6.45) is 3.01. The second kappa shape index (κ2) is 3.24. The standard InChI is InChI=1S/C11H14FNO/c12-10-6-8(14)2-3-9(10)11(7-13)4-1-5-11/h2-3,6,14H,1,4-5,7,13H2. The second-order valence-corrected chi connectivity index (χ2v) is 4.00. The highest BCUT2D eigenvalue weighted by atomic mass is 19.1. The van der Waals surface area contributed by atoms with Crippen LogP contribution in [0, 0.1) is 5.82 Å². The van der Waals surface area contributed by atoms with Crippen molar-refractivity contribution in [2.75, 3.05) is 6.54 Å². The lowest BCUT2D eigenvalue weighted by Gasteiger charge is -2.41. The smallest absolute Gasteiger partial charge is 0.130 e. The van der Waals surface area contributed by atoms with Crippen LogP contribution < -0.4 is 5.73 Å². The van der Waals surface area contributed by atoms with E-state index in [1.165, 1.54) is 6.07 Å². The molecule has 2 rings (SSSR count). The number of phenolic OH excluding ortho intramolecular Hbond substituents is 1. The first kappa shape index (κ1) is 9.46. The zero-order valence-electron chi connectivity index (χ0n) is 7.96. The van der Waals surface area contributed by atoms with Gasteiger partial charge in [-0.05, 0) is 24.5 Å². The molecule has 1 aromatic rings. The molecular formula is C11H14FNO. The van der Waals surface area contributed by atoms with E-state index in [2.05, 4.69) is 0 Å². The monoisotopic (exact) mass is 195 g/mol. The van der Waals surface area contributed by atoms with E-state index in [0.29, 0.717) is 12.1 Å². The van der Waals surface area contributed by atoms with Gasteiger partial charge < -0.3 is 10.8 Å². The fourth-order valence-corrected chi connectivity index (χ4v) is 2.12. The van der Waals surface area contributed by atoms with E-state index >= 15 is 0 Å². The van der Waals surface area contributed by atoms with E-state index in [9.17, 15) is 4.39 Å². The summed E-state index contributed by atoms with van der Waals surface area (Å²) in [5.41, 5.74) is 6.17. The van der Waals surface area contributed by atoms with Crippen LogP contribution in [0.1, 0.15) is 24.8 Å². The fraction of sp³-hybridized carbons (Fsp3) is 0.455. The Balaban J connectivity index is 2.40. The van der Waals surface area contributed by atoms with Crippen molar-refractivity contribution >= 4 is 0 Å². The van der Waals surface area contributed by atoms with Gasteiger partial charge in [0.2, 0.25) is 0 Å². The highest BCUT2D eigenvalue weighted by molar-refractivity contribution is 5.35. The van der Waals surface area contributed by atoms with E-state index in [4.69, 9.17) is 10.8 Å². The molecule has 76 valence electrons. The zero-order valence-corrected chi connectivity index (χ0v) is 7.96. The summed E-state index contributed by atoms with van der Waals surface area (Å²) in [7, 11) is 0. The van der Waals surface area contributed by atoms with Gasteiger partial charge in [-0.2, -0.15) is 0 Å². The van der Waals surface area contributed by atoms with E-state index in [-0.39, 0.29) is 17.0 Å². The van der Waals surface area contributed by atoms with E-state index in [1.807, 2.05) is 0 Å². The van der Waals surface area contributed by atoms with Crippen molar-refractivity contribution in [1.29, 1.82) is 0 Å². The Morgan fingerprint density at radius 2 is 2.14 bits per heavy atom. The summed E-state index contributed by atoms with van der Waals surface area (Å²) in [5.74, 6) is -0.368. The van der Waals surface area contributed by atoms with Crippen LogP contribution in [0.25, 0.3) is 0 Å². The van der Waals surface area contributed by atoms with Crippen LogP contribution in [0.4, 0.5) is 4.39 Å². The summed E-state index contributed by atoms with van der Waals surface area (Å²) < 4.78 is 13.5. The van der Waals surface area contributed by atoms with Gasteiger partial charge in [-0.25, -0.2) is 4.39 Å². The molecular weight excluding hydrogens is 181 g/mol. The number of aromatic hydroxyl groups is 1. The first-order chi connectivity index (χ1) is 6.68. The molecule has 0 spiro atoms. The predicted octanol–water partition coefficient (Wildman–Crippen LogP) is 1.91. The topological polar surface area (TPSA) is 46.2 Å². The first-order valence-electron chi connectivity index (χ1n) is 4.87. The molecule has 0 amide bonds. The second-order valence-electron chi connectivity index (χ2n) is 4.00. The van der Waals surface area contributed by atoms with Crippen LogP contribution in [0.5, 0.6) is 5.75 Å². The molecule has 0 unspecified atom stereocenters. The summed E-state index contributed by atoms with van der Waals surface area (Å²) in [4.78, 5) is 0. The molecule has 0 radical (unpaired) electrons. The minimum absolute atomic E-state index is 0.0299. The number of hydrogen-bond donors (Lipinski definition) is 2. The summed E-state index contributed by atoms with van der Waals surface area (Å²) >= 11 is 0. The molecule has 2 nitrogen and oxygen atoms in total. The minimum atomic E-state index is -0.338. The van der Waals surface area contributed by atoms with Crippen LogP contribution in [0.3, 0.4) is 0 Å². The molecule has 1 aliphatic rings. The maximum atomic E-state index is 13.5. The third kappa shape index (κ3) is 1.28. The number of phenols is 1. The van der Waals surface area contributed by atoms with Gasteiger partial charge in [0, 0.05) is 18.0 Å². The van der Waals surface area contributed by atoms with Crippen molar-refractivity contribution in [3.8, 4) is 5.75 Å². The molecule has 0 heterocycles. The molecule has 3 heteroatoms. The van der Waals surface area contributed by atoms with Gasteiger partial charge in [0.1, 0.15) is 11.6 Å². The molecule has 0 saturated heterocycles. The zero-order chi connectivity index (χ0) is 10.2. The predicted molar refractivity (Wildman–Crippen MR) is 52.6 cm³/mol. The number of rotatable bonds is 2. The molecule has 1 aromatic carbocycles. The van der Waals surface area contributed by atoms with Crippen molar-refractivity contribution in [3.05, 3.63) is 29.6 Å². The molecule has 0 aliphatic heterocycles. The summed E-state index contributed by atoms with van der Waals surface area (Å²) in [6, 6.07) is 4.33. The third-order valence-electron chi connectivity index (χ3n) is 3.23. The van der Waals surface area contributed by atoms with E-state index in [0.717, 1.165) is 25.3 Å². The van der Waals surface area contributed by atoms with Gasteiger partial charge in [0.15, 0.2) is 0 Å². The van der Waals surface area contributed by atoms with Crippen molar-refractivity contribution in [1.82, 2.24) is 0 Å². The highest BCUT2D eigenvalue weighted by Gasteiger charge is 2.39. The number of nitrogens with two attached hydrogens (primary N) is 1. The molecule has 0 atom stereocenters. The Labute approximate surface area is 82.5 Å². The van der Waals surface area contributed by atoms with E-state index < -0.39 is 0 Å². The van der Waals surface area contributed by atoms with Crippen LogP contribution in [-0.2, 0) is 5.41 Å². The molecule has 1 aliphatic carbocycles. The average Bonchev–Trinajstić information content (AvgIpc) is 2.07. The highest BCUT2D eigenvalue weighted by Crippen LogP contribution is 2.44. The van der Waals surface area contributed by atoms with Crippen molar-refractivity contribution in [2.24, 2.45) is 5.73 Å². The maximum absolute atomic E-state index is 13.5.